The molecular formula is C82H155NO5. The number of carbonyl (C=O) groups excluding carboxylic acids is 2. The summed E-state index contributed by atoms with van der Waals surface area (Å²) < 4.78 is 5.49. The second-order valence-corrected chi connectivity index (χ2v) is 27.4. The molecule has 6 heteroatoms. The van der Waals surface area contributed by atoms with Crippen LogP contribution in [0.15, 0.2) is 48.6 Å². The standard InChI is InChI=1S/C82H155NO5/c1-3-5-7-9-11-13-15-17-19-20-44-47-50-54-58-62-66-70-74-80(85)79(78-84)83-81(86)75-71-67-63-59-55-51-48-45-42-40-38-36-34-32-30-28-26-24-22-21-23-25-27-29-31-33-35-37-39-41-43-46-49-53-57-61-65-69-73-77-88-82(87)76-72-68-64-60-56-52-18-16-14-12-10-8-6-4-2/h10,12,16,18,21-22,25,27,79-80,84-85H,3-9,11,13-15,17,19-20,23-24,26,28-78H2,1-2H3,(H,83,86)/b12-10-,18-16-,22-21-,27-25-. The van der Waals surface area contributed by atoms with Gasteiger partial charge in [0.25, 0.3) is 0 Å². The predicted octanol–water partition coefficient (Wildman–Crippen LogP) is 26.4. The van der Waals surface area contributed by atoms with Gasteiger partial charge in [0.2, 0.25) is 5.91 Å². The van der Waals surface area contributed by atoms with Crippen molar-refractivity contribution in [3.05, 3.63) is 48.6 Å². The molecule has 0 spiro atoms. The summed E-state index contributed by atoms with van der Waals surface area (Å²) in [6, 6.07) is -0.540. The van der Waals surface area contributed by atoms with Crippen LogP contribution in [-0.4, -0.2) is 47.4 Å². The zero-order valence-electron chi connectivity index (χ0n) is 59.5. The fraction of sp³-hybridized carbons (Fsp3) is 0.878. The van der Waals surface area contributed by atoms with Gasteiger partial charge in [-0.3, -0.25) is 9.59 Å². The quantitative estimate of drug-likeness (QED) is 0.0320. The van der Waals surface area contributed by atoms with Crippen LogP contribution in [0.1, 0.15) is 438 Å². The van der Waals surface area contributed by atoms with E-state index in [1.807, 2.05) is 0 Å². The lowest BCUT2D eigenvalue weighted by Crippen LogP contribution is -2.45. The number of hydrogen-bond acceptors (Lipinski definition) is 5. The maximum atomic E-state index is 12.5. The van der Waals surface area contributed by atoms with Gasteiger partial charge in [-0.25, -0.2) is 0 Å². The number of amides is 1. The van der Waals surface area contributed by atoms with E-state index in [4.69, 9.17) is 4.74 Å². The summed E-state index contributed by atoms with van der Waals surface area (Å²) >= 11 is 0. The third-order valence-corrected chi connectivity index (χ3v) is 18.6. The highest BCUT2D eigenvalue weighted by molar-refractivity contribution is 5.76. The van der Waals surface area contributed by atoms with Crippen LogP contribution in [0.3, 0.4) is 0 Å². The Morgan fingerprint density at radius 2 is 0.580 bits per heavy atom. The summed E-state index contributed by atoms with van der Waals surface area (Å²) in [6.07, 6.45) is 102. The minimum absolute atomic E-state index is 0.00593. The van der Waals surface area contributed by atoms with Crippen molar-refractivity contribution >= 4 is 11.9 Å². The molecule has 0 aromatic rings. The molecule has 0 aliphatic rings. The van der Waals surface area contributed by atoms with Crippen LogP contribution in [0.4, 0.5) is 0 Å². The first-order chi connectivity index (χ1) is 43.5. The smallest absolute Gasteiger partial charge is 0.305 e. The third-order valence-electron chi connectivity index (χ3n) is 18.6. The maximum absolute atomic E-state index is 12.5. The number of carbonyl (C=O) groups is 2. The molecule has 0 saturated heterocycles. The number of rotatable bonds is 75. The minimum Gasteiger partial charge on any atom is -0.466 e. The van der Waals surface area contributed by atoms with E-state index in [1.165, 1.54) is 347 Å². The minimum atomic E-state index is -0.663. The van der Waals surface area contributed by atoms with Crippen molar-refractivity contribution < 1.29 is 24.5 Å². The molecule has 0 aromatic heterocycles. The number of unbranched alkanes of at least 4 members (excludes halogenated alkanes) is 56. The maximum Gasteiger partial charge on any atom is 0.305 e. The molecule has 2 atom stereocenters. The van der Waals surface area contributed by atoms with Crippen LogP contribution in [0, 0.1) is 0 Å². The third kappa shape index (κ3) is 72.9. The molecule has 0 aliphatic carbocycles. The Balaban J connectivity index is 3.36. The van der Waals surface area contributed by atoms with Gasteiger partial charge in [-0.1, -0.05) is 390 Å². The summed E-state index contributed by atoms with van der Waals surface area (Å²) in [5.41, 5.74) is 0. The molecule has 518 valence electrons. The van der Waals surface area contributed by atoms with Crippen molar-refractivity contribution in [1.29, 1.82) is 0 Å². The molecule has 0 heterocycles. The SMILES string of the molecule is CCCC/C=C\C/C=C\CCCCCCCC(=O)OCCCCCCCCCCCCCCCCC/C=C\C/C=C\CCCCCCCCCCCCCCCCCCCC(=O)NC(CO)C(O)CCCCCCCCCCCCCCCCCCCC. The van der Waals surface area contributed by atoms with Crippen LogP contribution in [0.25, 0.3) is 0 Å². The van der Waals surface area contributed by atoms with E-state index >= 15 is 0 Å². The summed E-state index contributed by atoms with van der Waals surface area (Å²) in [7, 11) is 0. The van der Waals surface area contributed by atoms with Crippen LogP contribution in [0.2, 0.25) is 0 Å². The van der Waals surface area contributed by atoms with Crippen molar-refractivity contribution in [2.45, 2.75) is 450 Å². The first-order valence-corrected chi connectivity index (χ1v) is 39.9. The van der Waals surface area contributed by atoms with Crippen molar-refractivity contribution in [3.63, 3.8) is 0 Å². The molecule has 0 rings (SSSR count). The van der Waals surface area contributed by atoms with E-state index < -0.39 is 12.1 Å². The number of hydrogen-bond donors (Lipinski definition) is 3. The summed E-state index contributed by atoms with van der Waals surface area (Å²) in [6.45, 7) is 4.95. The molecule has 0 saturated carbocycles. The lowest BCUT2D eigenvalue weighted by atomic mass is 10.0. The molecular weight excluding hydrogens is 1080 g/mol. The summed E-state index contributed by atoms with van der Waals surface area (Å²) in [5.74, 6) is -0.0220. The van der Waals surface area contributed by atoms with Crippen LogP contribution >= 0.6 is 0 Å². The predicted molar refractivity (Wildman–Crippen MR) is 389 cm³/mol. The number of aliphatic hydroxyl groups excluding tert-OH is 2. The van der Waals surface area contributed by atoms with E-state index in [2.05, 4.69) is 67.8 Å². The van der Waals surface area contributed by atoms with Gasteiger partial charge in [0.05, 0.1) is 25.4 Å². The van der Waals surface area contributed by atoms with Crippen LogP contribution in [-0.2, 0) is 14.3 Å². The van der Waals surface area contributed by atoms with Crippen molar-refractivity contribution in [2.24, 2.45) is 0 Å². The Labute approximate surface area is 550 Å². The van der Waals surface area contributed by atoms with Gasteiger partial charge >= 0.3 is 5.97 Å². The van der Waals surface area contributed by atoms with E-state index in [-0.39, 0.29) is 18.5 Å². The number of esters is 1. The van der Waals surface area contributed by atoms with E-state index in [0.717, 1.165) is 57.8 Å². The second kappa shape index (κ2) is 77.3. The first kappa shape index (κ1) is 85.8. The highest BCUT2D eigenvalue weighted by Crippen LogP contribution is 2.20. The summed E-state index contributed by atoms with van der Waals surface area (Å²) in [5, 5.41) is 23.4. The van der Waals surface area contributed by atoms with Crippen molar-refractivity contribution in [3.8, 4) is 0 Å². The molecule has 1 amide bonds. The normalized spacial score (nSPS) is 12.7. The Kier molecular flexibility index (Phi) is 75.4. The van der Waals surface area contributed by atoms with Gasteiger partial charge in [0.15, 0.2) is 0 Å². The number of nitrogens with one attached hydrogen (secondary N) is 1. The lowest BCUT2D eigenvalue weighted by molar-refractivity contribution is -0.143. The van der Waals surface area contributed by atoms with Crippen LogP contribution in [0.5, 0.6) is 0 Å². The van der Waals surface area contributed by atoms with E-state index in [0.29, 0.717) is 25.9 Å². The molecule has 6 nitrogen and oxygen atoms in total. The zero-order valence-corrected chi connectivity index (χ0v) is 59.5. The fourth-order valence-corrected chi connectivity index (χ4v) is 12.5. The van der Waals surface area contributed by atoms with Crippen molar-refractivity contribution in [2.75, 3.05) is 13.2 Å². The van der Waals surface area contributed by atoms with E-state index in [1.54, 1.807) is 0 Å². The molecule has 88 heavy (non-hydrogen) atoms. The highest BCUT2D eigenvalue weighted by atomic mass is 16.5. The second-order valence-electron chi connectivity index (χ2n) is 27.4. The number of allylic oxidation sites excluding steroid dienone is 8. The largest absolute Gasteiger partial charge is 0.466 e. The molecule has 0 fully saturated rings. The molecule has 2 unspecified atom stereocenters. The monoisotopic (exact) mass is 1230 g/mol. The van der Waals surface area contributed by atoms with Gasteiger partial charge in [-0.05, 0) is 83.5 Å². The molecule has 0 radical (unpaired) electrons. The number of aliphatic hydroxyl groups is 2. The molecule has 0 aliphatic heterocycles. The van der Waals surface area contributed by atoms with Gasteiger partial charge in [-0.2, -0.15) is 0 Å². The number of ether oxygens (including phenoxy) is 1. The molecule has 0 aromatic carbocycles. The molecule has 0 bridgehead atoms. The highest BCUT2D eigenvalue weighted by Gasteiger charge is 2.20. The van der Waals surface area contributed by atoms with Gasteiger partial charge in [0.1, 0.15) is 0 Å². The first-order valence-electron chi connectivity index (χ1n) is 39.9. The van der Waals surface area contributed by atoms with Gasteiger partial charge in [0, 0.05) is 12.8 Å². The Morgan fingerprint density at radius 1 is 0.318 bits per heavy atom. The topological polar surface area (TPSA) is 95.9 Å². The lowest BCUT2D eigenvalue weighted by Gasteiger charge is -2.22. The Morgan fingerprint density at radius 3 is 0.898 bits per heavy atom. The van der Waals surface area contributed by atoms with Crippen molar-refractivity contribution in [1.82, 2.24) is 5.32 Å². The fourth-order valence-electron chi connectivity index (χ4n) is 12.5. The van der Waals surface area contributed by atoms with Gasteiger partial charge in [-0.15, -0.1) is 0 Å². The molecule has 3 N–H and O–H groups in total. The van der Waals surface area contributed by atoms with Crippen LogP contribution < -0.4 is 5.32 Å². The van der Waals surface area contributed by atoms with E-state index in [9.17, 15) is 19.8 Å². The average Bonchev–Trinajstić information content (AvgIpc) is 3.58. The average molecular weight is 1240 g/mol. The Bertz CT molecular complexity index is 1470. The Hall–Kier alpha value is -2.18. The summed E-state index contributed by atoms with van der Waals surface area (Å²) in [4.78, 5) is 24.6. The zero-order chi connectivity index (χ0) is 63.5. The van der Waals surface area contributed by atoms with Gasteiger partial charge < -0.3 is 20.3 Å².